The summed E-state index contributed by atoms with van der Waals surface area (Å²) in [6, 6.07) is 69.6. The van der Waals surface area contributed by atoms with E-state index < -0.39 is 0 Å². The second-order valence-corrected chi connectivity index (χ2v) is 16.2. The molecule has 1 aliphatic rings. The van der Waals surface area contributed by atoms with Gasteiger partial charge in [-0.05, 0) is 137 Å². The van der Waals surface area contributed by atoms with Gasteiger partial charge < -0.3 is 0 Å². The third kappa shape index (κ3) is 5.09. The van der Waals surface area contributed by atoms with Crippen LogP contribution in [0, 0.1) is 6.92 Å². The maximum atomic E-state index is 4.85. The molecule has 2 heterocycles. The lowest BCUT2D eigenvalue weighted by molar-refractivity contribution is 0.963. The Kier molecular flexibility index (Phi) is 7.11. The molecule has 3 heteroatoms. The Bertz CT molecular complexity index is 3450. The van der Waals surface area contributed by atoms with Crippen LogP contribution >= 0.6 is 11.8 Å². The van der Waals surface area contributed by atoms with Crippen molar-refractivity contribution in [3.8, 4) is 50.2 Å². The van der Waals surface area contributed by atoms with E-state index in [0.29, 0.717) is 0 Å². The summed E-state index contributed by atoms with van der Waals surface area (Å²) in [5.74, 6) is 1.02. The molecule has 0 unspecified atom stereocenters. The van der Waals surface area contributed by atoms with Crippen molar-refractivity contribution in [2.75, 3.05) is 0 Å². The summed E-state index contributed by atoms with van der Waals surface area (Å²) in [4.78, 5) is 7.36. The van der Waals surface area contributed by atoms with Crippen LogP contribution in [-0.4, -0.2) is 9.55 Å². The van der Waals surface area contributed by atoms with Crippen molar-refractivity contribution in [3.63, 3.8) is 0 Å². The molecule has 2 nitrogen and oxygen atoms in total. The number of fused-ring (bicyclic) bond motifs is 6. The monoisotopic (exact) mass is 742 g/mol. The molecule has 0 radical (unpaired) electrons. The van der Waals surface area contributed by atoms with Gasteiger partial charge in [-0.25, -0.2) is 4.98 Å². The summed E-state index contributed by atoms with van der Waals surface area (Å²) in [7, 11) is 0. The molecule has 266 valence electrons. The molecule has 57 heavy (non-hydrogen) atoms. The van der Waals surface area contributed by atoms with Crippen molar-refractivity contribution in [1.82, 2.24) is 9.55 Å². The van der Waals surface area contributed by atoms with Gasteiger partial charge in [-0.15, -0.1) is 0 Å². The standard InChI is InChI=1S/C54H34N2S/c1-33-55-48-15-8-16-50-54(48)56(33)49-28-26-41(32-51(49)57-50)37-19-17-36(18-20-37)40-25-27-46-47(31-40)53(43-24-22-35-10-3-5-12-39(35)30-43)45-14-7-6-13-44(45)52(46)42-23-21-34-9-2-4-11-38(34)29-42/h2-32H,1H3. The van der Waals surface area contributed by atoms with Gasteiger partial charge >= 0.3 is 0 Å². The van der Waals surface area contributed by atoms with Crippen LogP contribution < -0.4 is 0 Å². The van der Waals surface area contributed by atoms with Crippen LogP contribution in [0.5, 0.6) is 0 Å². The normalized spacial score (nSPS) is 12.2. The molecule has 0 aliphatic carbocycles. The summed E-state index contributed by atoms with van der Waals surface area (Å²) in [5.41, 5.74) is 13.3. The lowest BCUT2D eigenvalue weighted by atomic mass is 9.84. The van der Waals surface area contributed by atoms with Gasteiger partial charge in [0.15, 0.2) is 0 Å². The van der Waals surface area contributed by atoms with Gasteiger partial charge in [0.05, 0.1) is 16.7 Å². The van der Waals surface area contributed by atoms with E-state index in [2.05, 4.69) is 200 Å². The molecular formula is C54H34N2S. The summed E-state index contributed by atoms with van der Waals surface area (Å²) in [6.07, 6.45) is 0. The highest BCUT2D eigenvalue weighted by atomic mass is 32.2. The number of benzene rings is 10. The van der Waals surface area contributed by atoms with Gasteiger partial charge in [-0.3, -0.25) is 4.57 Å². The van der Waals surface area contributed by atoms with E-state index in [1.54, 1.807) is 0 Å². The molecule has 1 aliphatic heterocycles. The van der Waals surface area contributed by atoms with Crippen LogP contribution in [0.2, 0.25) is 0 Å². The van der Waals surface area contributed by atoms with Gasteiger partial charge in [0.2, 0.25) is 0 Å². The van der Waals surface area contributed by atoms with Gasteiger partial charge in [0.25, 0.3) is 0 Å². The first kappa shape index (κ1) is 32.3. The highest BCUT2D eigenvalue weighted by Gasteiger charge is 2.23. The highest BCUT2D eigenvalue weighted by Crippen LogP contribution is 2.47. The van der Waals surface area contributed by atoms with Crippen LogP contribution in [0.4, 0.5) is 0 Å². The van der Waals surface area contributed by atoms with E-state index in [1.807, 2.05) is 11.8 Å². The van der Waals surface area contributed by atoms with E-state index in [4.69, 9.17) is 4.98 Å². The Morgan fingerprint density at radius 1 is 0.386 bits per heavy atom. The van der Waals surface area contributed by atoms with E-state index in [1.165, 1.54) is 109 Å². The smallest absolute Gasteiger partial charge is 0.111 e. The average Bonchev–Trinajstić information content (AvgIpc) is 3.61. The number of aryl methyl sites for hydroxylation is 1. The molecule has 0 amide bonds. The summed E-state index contributed by atoms with van der Waals surface area (Å²) in [6.45, 7) is 2.10. The van der Waals surface area contributed by atoms with E-state index >= 15 is 0 Å². The topological polar surface area (TPSA) is 17.8 Å². The van der Waals surface area contributed by atoms with E-state index in [-0.39, 0.29) is 0 Å². The number of nitrogens with zero attached hydrogens (tertiary/aromatic N) is 2. The maximum absolute atomic E-state index is 4.85. The molecule has 10 aromatic carbocycles. The van der Waals surface area contributed by atoms with Crippen molar-refractivity contribution in [3.05, 3.63) is 194 Å². The minimum atomic E-state index is 1.02. The number of hydrogen-bond donors (Lipinski definition) is 0. The molecule has 1 aromatic heterocycles. The van der Waals surface area contributed by atoms with Crippen LogP contribution in [0.3, 0.4) is 0 Å². The summed E-state index contributed by atoms with van der Waals surface area (Å²) in [5, 5.41) is 10.0. The molecule has 12 rings (SSSR count). The lowest BCUT2D eigenvalue weighted by Crippen LogP contribution is -2.03. The largest absolute Gasteiger partial charge is 0.294 e. The number of imidazole rings is 1. The van der Waals surface area contributed by atoms with Crippen LogP contribution in [0.1, 0.15) is 5.82 Å². The SMILES string of the molecule is Cc1nc2cccc3c2n1-c1ccc(-c2ccc(-c4ccc5c(-c6ccc7ccccc7c6)c6ccccc6c(-c6ccc7ccccc7c6)c5c4)cc2)cc1S3. The quantitative estimate of drug-likeness (QED) is 0.167. The molecule has 0 N–H and O–H groups in total. The molecule has 0 fully saturated rings. The van der Waals surface area contributed by atoms with Gasteiger partial charge in [-0.1, -0.05) is 157 Å². The zero-order valence-corrected chi connectivity index (χ0v) is 32.0. The minimum absolute atomic E-state index is 1.02. The van der Waals surface area contributed by atoms with Crippen molar-refractivity contribution < 1.29 is 0 Å². The first-order valence-corrected chi connectivity index (χ1v) is 20.3. The Balaban J connectivity index is 1.01. The van der Waals surface area contributed by atoms with Crippen molar-refractivity contribution in [2.24, 2.45) is 0 Å². The Morgan fingerprint density at radius 3 is 1.58 bits per heavy atom. The first-order valence-electron chi connectivity index (χ1n) is 19.5. The zero-order chi connectivity index (χ0) is 37.6. The van der Waals surface area contributed by atoms with Crippen molar-refractivity contribution >= 4 is 65.9 Å². The third-order valence-electron chi connectivity index (χ3n) is 11.9. The Hall–Kier alpha value is -6.94. The predicted octanol–water partition coefficient (Wildman–Crippen LogP) is 15.1. The van der Waals surface area contributed by atoms with Gasteiger partial charge in [-0.2, -0.15) is 0 Å². The number of rotatable bonds is 4. The molecule has 0 saturated carbocycles. The number of para-hydroxylation sites is 1. The molecule has 0 saturated heterocycles. The maximum Gasteiger partial charge on any atom is 0.111 e. The van der Waals surface area contributed by atoms with E-state index in [9.17, 15) is 0 Å². The molecule has 0 bridgehead atoms. The van der Waals surface area contributed by atoms with Crippen molar-refractivity contribution in [2.45, 2.75) is 16.7 Å². The fourth-order valence-corrected chi connectivity index (χ4v) is 10.3. The average molecular weight is 743 g/mol. The molecule has 11 aromatic rings. The summed E-state index contributed by atoms with van der Waals surface area (Å²) >= 11 is 1.84. The number of aromatic nitrogens is 2. The van der Waals surface area contributed by atoms with Gasteiger partial charge in [0, 0.05) is 9.79 Å². The van der Waals surface area contributed by atoms with Crippen LogP contribution in [-0.2, 0) is 0 Å². The third-order valence-corrected chi connectivity index (χ3v) is 13.0. The first-order chi connectivity index (χ1) is 28.1. The fourth-order valence-electron chi connectivity index (χ4n) is 9.19. The summed E-state index contributed by atoms with van der Waals surface area (Å²) < 4.78 is 2.31. The fraction of sp³-hybridized carbons (Fsp3) is 0.0185. The van der Waals surface area contributed by atoms with Crippen molar-refractivity contribution in [1.29, 1.82) is 0 Å². The Morgan fingerprint density at radius 2 is 0.912 bits per heavy atom. The highest BCUT2D eigenvalue weighted by molar-refractivity contribution is 7.99. The minimum Gasteiger partial charge on any atom is -0.294 e. The van der Waals surface area contributed by atoms with Crippen LogP contribution in [0.15, 0.2) is 198 Å². The second-order valence-electron chi connectivity index (χ2n) is 15.2. The zero-order valence-electron chi connectivity index (χ0n) is 31.2. The van der Waals surface area contributed by atoms with Gasteiger partial charge in [0.1, 0.15) is 5.82 Å². The second kappa shape index (κ2) is 12.5. The number of hydrogen-bond acceptors (Lipinski definition) is 2. The Labute approximate surface area is 334 Å². The van der Waals surface area contributed by atoms with E-state index in [0.717, 1.165) is 11.3 Å². The molecule has 0 spiro atoms. The molecule has 0 atom stereocenters. The predicted molar refractivity (Wildman–Crippen MR) is 242 cm³/mol. The van der Waals surface area contributed by atoms with Crippen LogP contribution in [0.25, 0.3) is 104 Å². The molecular weight excluding hydrogens is 709 g/mol. The lowest BCUT2D eigenvalue weighted by Gasteiger charge is -2.20.